The number of hydrogen-bond donors (Lipinski definition) is 2. The standard InChI is InChI=1S/C22H22N6OS/c1-4-23-21(29)27-22-26-18-13-14(16-8-5-6-11-24-16)12-15(20(18)30-22)17-9-7-10-19(25-17)28(2)3/h5-13H,4H2,1-3H3,(H2,23,26,27,29). The highest BCUT2D eigenvalue weighted by molar-refractivity contribution is 7.22. The number of anilines is 2. The number of carbonyl (C=O) groups is 1. The van der Waals surface area contributed by atoms with Gasteiger partial charge in [0.2, 0.25) is 0 Å². The summed E-state index contributed by atoms with van der Waals surface area (Å²) in [5, 5.41) is 6.08. The van der Waals surface area contributed by atoms with Gasteiger partial charge >= 0.3 is 6.03 Å². The second kappa shape index (κ2) is 8.46. The Bertz CT molecular complexity index is 1190. The average Bonchev–Trinajstić information content (AvgIpc) is 3.16. The van der Waals surface area contributed by atoms with Crippen molar-refractivity contribution in [3.63, 3.8) is 0 Å². The first-order chi connectivity index (χ1) is 14.5. The number of rotatable bonds is 5. The van der Waals surface area contributed by atoms with E-state index < -0.39 is 0 Å². The highest BCUT2D eigenvalue weighted by Crippen LogP contribution is 2.38. The molecule has 0 aliphatic rings. The summed E-state index contributed by atoms with van der Waals surface area (Å²) in [6, 6.07) is 15.6. The van der Waals surface area contributed by atoms with Crippen LogP contribution in [-0.4, -0.2) is 41.6 Å². The van der Waals surface area contributed by atoms with Gasteiger partial charge in [0.05, 0.1) is 21.6 Å². The summed E-state index contributed by atoms with van der Waals surface area (Å²) < 4.78 is 0.963. The number of nitrogens with one attached hydrogen (secondary N) is 2. The number of pyridine rings is 2. The predicted molar refractivity (Wildman–Crippen MR) is 123 cm³/mol. The second-order valence-electron chi connectivity index (χ2n) is 6.87. The van der Waals surface area contributed by atoms with Crippen molar-refractivity contribution in [3.8, 4) is 22.5 Å². The van der Waals surface area contributed by atoms with Crippen LogP contribution in [0.2, 0.25) is 0 Å². The molecule has 30 heavy (non-hydrogen) atoms. The summed E-state index contributed by atoms with van der Waals surface area (Å²) in [7, 11) is 3.93. The third-order valence-electron chi connectivity index (χ3n) is 4.48. The fraction of sp³-hybridized carbons (Fsp3) is 0.182. The highest BCUT2D eigenvalue weighted by Gasteiger charge is 2.16. The molecule has 3 heterocycles. The van der Waals surface area contributed by atoms with Gasteiger partial charge in [0.25, 0.3) is 0 Å². The SMILES string of the molecule is CCNC(=O)Nc1nc2cc(-c3ccccn3)cc(-c3cccc(N(C)C)n3)c2s1. The van der Waals surface area contributed by atoms with E-state index in [1.54, 1.807) is 6.20 Å². The first-order valence-corrected chi connectivity index (χ1v) is 10.4. The Balaban J connectivity index is 1.88. The molecule has 0 unspecified atom stereocenters. The van der Waals surface area contributed by atoms with Crippen LogP contribution in [-0.2, 0) is 0 Å². The predicted octanol–water partition coefficient (Wildman–Crippen LogP) is 4.63. The normalized spacial score (nSPS) is 10.8. The molecular formula is C22H22N6OS. The van der Waals surface area contributed by atoms with E-state index in [0.717, 1.165) is 38.5 Å². The van der Waals surface area contributed by atoms with Crippen molar-refractivity contribution in [1.82, 2.24) is 20.3 Å². The monoisotopic (exact) mass is 418 g/mol. The van der Waals surface area contributed by atoms with Gasteiger partial charge in [-0.3, -0.25) is 10.3 Å². The summed E-state index contributed by atoms with van der Waals surface area (Å²) in [6.07, 6.45) is 1.77. The molecular weight excluding hydrogens is 396 g/mol. The van der Waals surface area contributed by atoms with Crippen LogP contribution in [0.25, 0.3) is 32.7 Å². The van der Waals surface area contributed by atoms with Crippen molar-refractivity contribution in [2.24, 2.45) is 0 Å². The van der Waals surface area contributed by atoms with Gasteiger partial charge < -0.3 is 10.2 Å². The van der Waals surface area contributed by atoms with Crippen molar-refractivity contribution < 1.29 is 4.79 Å². The zero-order chi connectivity index (χ0) is 21.1. The molecule has 0 saturated carbocycles. The molecule has 0 spiro atoms. The number of thiazole rings is 1. The summed E-state index contributed by atoms with van der Waals surface area (Å²) in [6.45, 7) is 2.42. The summed E-state index contributed by atoms with van der Waals surface area (Å²) in [4.78, 5) is 27.9. The Morgan fingerprint density at radius 1 is 1.07 bits per heavy atom. The molecule has 2 amide bonds. The zero-order valence-corrected chi connectivity index (χ0v) is 17.8. The van der Waals surface area contributed by atoms with Crippen molar-refractivity contribution >= 4 is 38.5 Å². The van der Waals surface area contributed by atoms with Crippen LogP contribution in [0.4, 0.5) is 15.7 Å². The van der Waals surface area contributed by atoms with E-state index in [4.69, 9.17) is 4.98 Å². The lowest BCUT2D eigenvalue weighted by Gasteiger charge is -2.13. The van der Waals surface area contributed by atoms with Gasteiger partial charge in [0, 0.05) is 38.0 Å². The number of urea groups is 1. The molecule has 0 atom stereocenters. The zero-order valence-electron chi connectivity index (χ0n) is 17.0. The van der Waals surface area contributed by atoms with Crippen LogP contribution in [0.1, 0.15) is 6.92 Å². The smallest absolute Gasteiger partial charge is 0.321 e. The molecule has 4 rings (SSSR count). The average molecular weight is 419 g/mol. The van der Waals surface area contributed by atoms with Gasteiger partial charge in [0.1, 0.15) is 5.82 Å². The molecule has 4 aromatic rings. The Morgan fingerprint density at radius 3 is 2.63 bits per heavy atom. The Hall–Kier alpha value is -3.52. The minimum atomic E-state index is -0.268. The molecule has 0 saturated heterocycles. The first-order valence-electron chi connectivity index (χ1n) is 9.60. The molecule has 1 aromatic carbocycles. The Morgan fingerprint density at radius 2 is 1.90 bits per heavy atom. The van der Waals surface area contributed by atoms with E-state index in [-0.39, 0.29) is 6.03 Å². The van der Waals surface area contributed by atoms with Crippen LogP contribution < -0.4 is 15.5 Å². The van der Waals surface area contributed by atoms with Gasteiger partial charge in [-0.15, -0.1) is 0 Å². The quantitative estimate of drug-likeness (QED) is 0.494. The molecule has 0 fully saturated rings. The molecule has 0 bridgehead atoms. The highest BCUT2D eigenvalue weighted by atomic mass is 32.1. The van der Waals surface area contributed by atoms with Gasteiger partial charge in [0.15, 0.2) is 5.13 Å². The van der Waals surface area contributed by atoms with Crippen LogP contribution in [0.5, 0.6) is 0 Å². The van der Waals surface area contributed by atoms with Crippen molar-refractivity contribution in [2.45, 2.75) is 6.92 Å². The van der Waals surface area contributed by atoms with E-state index >= 15 is 0 Å². The first kappa shape index (κ1) is 19.8. The molecule has 152 valence electrons. The lowest BCUT2D eigenvalue weighted by molar-refractivity contribution is 0.252. The third kappa shape index (κ3) is 4.08. The second-order valence-corrected chi connectivity index (χ2v) is 7.87. The van der Waals surface area contributed by atoms with E-state index in [2.05, 4.69) is 26.7 Å². The summed E-state index contributed by atoms with van der Waals surface area (Å²) in [5.74, 6) is 0.870. The topological polar surface area (TPSA) is 83.0 Å². The lowest BCUT2D eigenvalue weighted by atomic mass is 10.0. The van der Waals surface area contributed by atoms with Crippen LogP contribution in [0, 0.1) is 0 Å². The number of carbonyl (C=O) groups excluding carboxylic acids is 1. The van der Waals surface area contributed by atoms with Gasteiger partial charge in [-0.1, -0.05) is 23.5 Å². The van der Waals surface area contributed by atoms with E-state index in [1.165, 1.54) is 11.3 Å². The number of amides is 2. The third-order valence-corrected chi connectivity index (χ3v) is 5.50. The van der Waals surface area contributed by atoms with Gasteiger partial charge in [-0.05, 0) is 43.3 Å². The van der Waals surface area contributed by atoms with E-state index in [9.17, 15) is 4.79 Å². The summed E-state index contributed by atoms with van der Waals surface area (Å²) in [5.41, 5.74) is 4.40. The maximum Gasteiger partial charge on any atom is 0.321 e. The number of aromatic nitrogens is 3. The van der Waals surface area contributed by atoms with Crippen molar-refractivity contribution in [1.29, 1.82) is 0 Å². The number of nitrogens with zero attached hydrogens (tertiary/aromatic N) is 4. The molecule has 8 heteroatoms. The van der Waals surface area contributed by atoms with Crippen LogP contribution in [0.15, 0.2) is 54.7 Å². The summed E-state index contributed by atoms with van der Waals surface area (Å²) >= 11 is 1.43. The van der Waals surface area contributed by atoms with Crippen molar-refractivity contribution in [3.05, 3.63) is 54.7 Å². The molecule has 0 radical (unpaired) electrons. The maximum atomic E-state index is 12.0. The lowest BCUT2D eigenvalue weighted by Crippen LogP contribution is -2.28. The maximum absolute atomic E-state index is 12.0. The number of fused-ring (bicyclic) bond motifs is 1. The molecule has 2 N–H and O–H groups in total. The van der Waals surface area contributed by atoms with Crippen LogP contribution >= 0.6 is 11.3 Å². The Kier molecular flexibility index (Phi) is 5.58. The van der Waals surface area contributed by atoms with E-state index in [0.29, 0.717) is 11.7 Å². The molecule has 0 aliphatic carbocycles. The molecule has 3 aromatic heterocycles. The Labute approximate surface area is 178 Å². The van der Waals surface area contributed by atoms with Gasteiger partial charge in [-0.25, -0.2) is 14.8 Å². The molecule has 0 aliphatic heterocycles. The fourth-order valence-corrected chi connectivity index (χ4v) is 4.05. The van der Waals surface area contributed by atoms with Crippen molar-refractivity contribution in [2.75, 3.05) is 30.9 Å². The largest absolute Gasteiger partial charge is 0.363 e. The van der Waals surface area contributed by atoms with Gasteiger partial charge in [-0.2, -0.15) is 0 Å². The van der Waals surface area contributed by atoms with E-state index in [1.807, 2.05) is 68.4 Å². The number of benzene rings is 1. The van der Waals surface area contributed by atoms with Crippen LogP contribution in [0.3, 0.4) is 0 Å². The molecule has 7 nitrogen and oxygen atoms in total. The fourth-order valence-electron chi connectivity index (χ4n) is 3.08. The minimum Gasteiger partial charge on any atom is -0.363 e. The minimum absolute atomic E-state index is 0.268. The number of hydrogen-bond acceptors (Lipinski definition) is 6.